The van der Waals surface area contributed by atoms with Gasteiger partial charge in [0.2, 0.25) is 0 Å². The van der Waals surface area contributed by atoms with Crippen molar-refractivity contribution in [2.45, 2.75) is 10.6 Å². The standard InChI is InChI=1S/C14H11NO5S/c16-14(17)11-6-2-1-5-10(11)9-21(20)13-8-4-3-7-12(13)15(18)19/h1-8H,9H2,(H,16,17). The Labute approximate surface area is 122 Å². The summed E-state index contributed by atoms with van der Waals surface area (Å²) in [4.78, 5) is 21.5. The summed E-state index contributed by atoms with van der Waals surface area (Å²) < 4.78 is 12.3. The van der Waals surface area contributed by atoms with Crippen molar-refractivity contribution in [2.24, 2.45) is 0 Å². The Morgan fingerprint density at radius 2 is 1.76 bits per heavy atom. The van der Waals surface area contributed by atoms with E-state index in [1.165, 1.54) is 24.3 Å². The molecule has 6 nitrogen and oxygen atoms in total. The number of nitro groups is 1. The monoisotopic (exact) mass is 305 g/mol. The molecule has 0 amide bonds. The van der Waals surface area contributed by atoms with Gasteiger partial charge in [-0.2, -0.15) is 0 Å². The number of carboxylic acid groups (broad SMARTS) is 1. The Morgan fingerprint density at radius 3 is 2.43 bits per heavy atom. The average molecular weight is 305 g/mol. The van der Waals surface area contributed by atoms with Crippen molar-refractivity contribution in [1.82, 2.24) is 0 Å². The molecule has 1 atom stereocenters. The van der Waals surface area contributed by atoms with Crippen LogP contribution < -0.4 is 0 Å². The van der Waals surface area contributed by atoms with Gasteiger partial charge < -0.3 is 5.11 Å². The molecule has 0 saturated heterocycles. The predicted molar refractivity (Wildman–Crippen MR) is 76.6 cm³/mol. The summed E-state index contributed by atoms with van der Waals surface area (Å²) in [7, 11) is -1.70. The van der Waals surface area contributed by atoms with Crippen LogP contribution >= 0.6 is 0 Å². The molecule has 0 heterocycles. The first kappa shape index (κ1) is 14.9. The lowest BCUT2D eigenvalue weighted by atomic mass is 10.1. The minimum atomic E-state index is -1.70. The van der Waals surface area contributed by atoms with Gasteiger partial charge in [-0.05, 0) is 17.7 Å². The third kappa shape index (κ3) is 3.32. The van der Waals surface area contributed by atoms with E-state index in [4.69, 9.17) is 5.11 Å². The first-order valence-electron chi connectivity index (χ1n) is 5.93. The van der Waals surface area contributed by atoms with Gasteiger partial charge in [0.05, 0.1) is 27.0 Å². The molecule has 0 aliphatic carbocycles. The smallest absolute Gasteiger partial charge is 0.335 e. The molecule has 1 N–H and O–H groups in total. The van der Waals surface area contributed by atoms with E-state index < -0.39 is 21.7 Å². The van der Waals surface area contributed by atoms with E-state index in [2.05, 4.69) is 0 Å². The second kappa shape index (κ2) is 6.27. The second-order valence-electron chi connectivity index (χ2n) is 4.18. The molecule has 0 radical (unpaired) electrons. The summed E-state index contributed by atoms with van der Waals surface area (Å²) in [5.41, 5.74) is 0.189. The molecule has 0 bridgehead atoms. The fourth-order valence-electron chi connectivity index (χ4n) is 1.87. The maximum Gasteiger partial charge on any atom is 0.335 e. The highest BCUT2D eigenvalue weighted by Gasteiger charge is 2.20. The van der Waals surface area contributed by atoms with Gasteiger partial charge in [-0.15, -0.1) is 0 Å². The summed E-state index contributed by atoms with van der Waals surface area (Å²) in [6.07, 6.45) is 0. The van der Waals surface area contributed by atoms with Crippen LogP contribution in [0.5, 0.6) is 0 Å². The molecule has 108 valence electrons. The first-order chi connectivity index (χ1) is 10.0. The van der Waals surface area contributed by atoms with E-state index in [1.807, 2.05) is 0 Å². The molecule has 2 aromatic rings. The lowest BCUT2D eigenvalue weighted by molar-refractivity contribution is -0.387. The Balaban J connectivity index is 2.36. The highest BCUT2D eigenvalue weighted by atomic mass is 32.2. The van der Waals surface area contributed by atoms with Crippen LogP contribution in [0.1, 0.15) is 15.9 Å². The first-order valence-corrected chi connectivity index (χ1v) is 7.25. The van der Waals surface area contributed by atoms with E-state index in [0.29, 0.717) is 5.56 Å². The van der Waals surface area contributed by atoms with Crippen molar-refractivity contribution in [3.8, 4) is 0 Å². The highest BCUT2D eigenvalue weighted by molar-refractivity contribution is 7.84. The summed E-state index contributed by atoms with van der Waals surface area (Å²) in [5, 5.41) is 20.0. The zero-order valence-corrected chi connectivity index (χ0v) is 11.6. The molecule has 0 aliphatic rings. The van der Waals surface area contributed by atoms with E-state index in [-0.39, 0.29) is 21.9 Å². The van der Waals surface area contributed by atoms with Gasteiger partial charge in [-0.3, -0.25) is 14.3 Å². The van der Waals surface area contributed by atoms with Gasteiger partial charge in [0.1, 0.15) is 4.90 Å². The third-order valence-corrected chi connectivity index (χ3v) is 4.25. The Bertz CT molecular complexity index is 729. The number of aromatic carboxylic acids is 1. The largest absolute Gasteiger partial charge is 0.478 e. The van der Waals surface area contributed by atoms with Crippen molar-refractivity contribution in [1.29, 1.82) is 0 Å². The molecule has 0 aliphatic heterocycles. The molecule has 0 aromatic heterocycles. The van der Waals surface area contributed by atoms with Crippen LogP contribution in [0, 0.1) is 10.1 Å². The van der Waals surface area contributed by atoms with Gasteiger partial charge >= 0.3 is 5.97 Å². The lowest BCUT2D eigenvalue weighted by Gasteiger charge is -2.06. The maximum atomic E-state index is 12.3. The average Bonchev–Trinajstić information content (AvgIpc) is 2.47. The van der Waals surface area contributed by atoms with Crippen LogP contribution in [0.3, 0.4) is 0 Å². The minimum Gasteiger partial charge on any atom is -0.478 e. The number of benzene rings is 2. The van der Waals surface area contributed by atoms with Gasteiger partial charge in [0, 0.05) is 6.07 Å². The number of rotatable bonds is 5. The van der Waals surface area contributed by atoms with Crippen molar-refractivity contribution in [2.75, 3.05) is 0 Å². The topological polar surface area (TPSA) is 97.5 Å². The number of hydrogen-bond donors (Lipinski definition) is 1. The Morgan fingerprint density at radius 1 is 1.14 bits per heavy atom. The summed E-state index contributed by atoms with van der Waals surface area (Å²) in [6, 6.07) is 11.9. The van der Waals surface area contributed by atoms with Crippen molar-refractivity contribution in [3.05, 3.63) is 69.8 Å². The Hall–Kier alpha value is -2.54. The minimum absolute atomic E-state index is 0.0458. The number of carboxylic acids is 1. The van der Waals surface area contributed by atoms with E-state index in [0.717, 1.165) is 0 Å². The number of para-hydroxylation sites is 1. The van der Waals surface area contributed by atoms with Gasteiger partial charge in [-0.1, -0.05) is 30.3 Å². The van der Waals surface area contributed by atoms with Gasteiger partial charge in [0.25, 0.3) is 5.69 Å². The van der Waals surface area contributed by atoms with Crippen LogP contribution in [0.2, 0.25) is 0 Å². The molecule has 2 aromatic carbocycles. The van der Waals surface area contributed by atoms with Crippen LogP contribution in [0.25, 0.3) is 0 Å². The normalized spacial score (nSPS) is 11.8. The molecule has 2 rings (SSSR count). The molecular formula is C14H11NO5S. The molecule has 21 heavy (non-hydrogen) atoms. The zero-order valence-electron chi connectivity index (χ0n) is 10.8. The van der Waals surface area contributed by atoms with Crippen molar-refractivity contribution < 1.29 is 19.0 Å². The number of nitrogens with zero attached hydrogens (tertiary/aromatic N) is 1. The zero-order chi connectivity index (χ0) is 15.4. The molecule has 0 fully saturated rings. The SMILES string of the molecule is O=C(O)c1ccccc1CS(=O)c1ccccc1[N+](=O)[O-]. The van der Waals surface area contributed by atoms with E-state index >= 15 is 0 Å². The third-order valence-electron chi connectivity index (χ3n) is 2.84. The van der Waals surface area contributed by atoms with Gasteiger partial charge in [0.15, 0.2) is 0 Å². The highest BCUT2D eigenvalue weighted by Crippen LogP contribution is 2.24. The fraction of sp³-hybridized carbons (Fsp3) is 0.0714. The van der Waals surface area contributed by atoms with Crippen LogP contribution in [-0.2, 0) is 16.6 Å². The van der Waals surface area contributed by atoms with Crippen molar-refractivity contribution in [3.63, 3.8) is 0 Å². The van der Waals surface area contributed by atoms with Crippen LogP contribution in [-0.4, -0.2) is 20.2 Å². The Kier molecular flexibility index (Phi) is 4.44. The van der Waals surface area contributed by atoms with Crippen LogP contribution in [0.15, 0.2) is 53.4 Å². The fourth-order valence-corrected chi connectivity index (χ4v) is 3.17. The molecule has 0 saturated carbocycles. The molecule has 7 heteroatoms. The lowest BCUT2D eigenvalue weighted by Crippen LogP contribution is -2.06. The number of carbonyl (C=O) groups is 1. The predicted octanol–water partition coefficient (Wildman–Crippen LogP) is 2.60. The molecule has 0 spiro atoms. The van der Waals surface area contributed by atoms with Gasteiger partial charge in [-0.25, -0.2) is 4.79 Å². The molecule has 1 unspecified atom stereocenters. The number of nitro benzene ring substituents is 1. The number of hydrogen-bond acceptors (Lipinski definition) is 4. The quantitative estimate of drug-likeness (QED) is 0.676. The van der Waals surface area contributed by atoms with E-state index in [9.17, 15) is 19.1 Å². The van der Waals surface area contributed by atoms with E-state index in [1.54, 1.807) is 24.3 Å². The van der Waals surface area contributed by atoms with Crippen LogP contribution in [0.4, 0.5) is 5.69 Å². The summed E-state index contributed by atoms with van der Waals surface area (Å²) >= 11 is 0. The maximum absolute atomic E-state index is 12.3. The summed E-state index contributed by atoms with van der Waals surface area (Å²) in [6.45, 7) is 0. The summed E-state index contributed by atoms with van der Waals surface area (Å²) in [5.74, 6) is -1.21. The second-order valence-corrected chi connectivity index (χ2v) is 5.60. The molecular weight excluding hydrogens is 294 g/mol. The van der Waals surface area contributed by atoms with Crippen molar-refractivity contribution >= 4 is 22.5 Å².